The topological polar surface area (TPSA) is 127 Å². The molecule has 0 spiro atoms. The second-order valence-corrected chi connectivity index (χ2v) is 7.04. The van der Waals surface area contributed by atoms with Crippen molar-refractivity contribution in [1.29, 1.82) is 0 Å². The van der Waals surface area contributed by atoms with Crippen LogP contribution in [0.2, 0.25) is 0 Å². The van der Waals surface area contributed by atoms with E-state index >= 15 is 0 Å². The summed E-state index contributed by atoms with van der Waals surface area (Å²) in [6, 6.07) is 4.38. The van der Waals surface area contributed by atoms with Crippen LogP contribution in [0.1, 0.15) is 12.8 Å². The highest BCUT2D eigenvalue weighted by Gasteiger charge is 2.23. The first-order valence-electron chi connectivity index (χ1n) is 6.13. The zero-order valence-electron chi connectivity index (χ0n) is 10.7. The molecule has 1 aliphatic rings. The zero-order valence-corrected chi connectivity index (χ0v) is 11.5. The minimum atomic E-state index is -2.92. The smallest absolute Gasteiger partial charge is 0.273 e. The number of nitro benzene ring substituents is 1. The van der Waals surface area contributed by atoms with Crippen molar-refractivity contribution < 1.29 is 13.3 Å². The Balaban J connectivity index is 2.13. The van der Waals surface area contributed by atoms with Gasteiger partial charge in [-0.15, -0.1) is 0 Å². The number of hydrogen-bond donors (Lipinski definition) is 3. The Kier molecular flexibility index (Phi) is 4.09. The minimum Gasteiger partial charge on any atom is -0.382 e. The van der Waals surface area contributed by atoms with Gasteiger partial charge in [0.25, 0.3) is 5.69 Å². The van der Waals surface area contributed by atoms with Gasteiger partial charge in [-0.3, -0.25) is 16.0 Å². The summed E-state index contributed by atoms with van der Waals surface area (Å²) >= 11 is 0. The van der Waals surface area contributed by atoms with Crippen molar-refractivity contribution in [1.82, 2.24) is 0 Å². The third-order valence-corrected chi connectivity index (χ3v) is 4.94. The lowest BCUT2D eigenvalue weighted by Crippen LogP contribution is -2.32. The predicted molar refractivity (Wildman–Crippen MR) is 76.2 cm³/mol. The van der Waals surface area contributed by atoms with Crippen LogP contribution in [-0.4, -0.2) is 30.9 Å². The number of nitro groups is 1. The van der Waals surface area contributed by atoms with Gasteiger partial charge >= 0.3 is 0 Å². The molecular weight excluding hydrogens is 284 g/mol. The maximum atomic E-state index is 11.3. The Morgan fingerprint density at radius 3 is 2.35 bits per heavy atom. The summed E-state index contributed by atoms with van der Waals surface area (Å²) in [5.74, 6) is 5.56. The summed E-state index contributed by atoms with van der Waals surface area (Å²) in [6.07, 6.45) is 0.993. The molecule has 0 radical (unpaired) electrons. The van der Waals surface area contributed by atoms with E-state index in [9.17, 15) is 18.5 Å². The Bertz CT molecular complexity index is 603. The van der Waals surface area contributed by atoms with E-state index in [1.54, 1.807) is 6.07 Å². The van der Waals surface area contributed by atoms with Gasteiger partial charge in [-0.25, -0.2) is 8.42 Å². The van der Waals surface area contributed by atoms with Crippen molar-refractivity contribution in [3.63, 3.8) is 0 Å². The molecule has 110 valence electrons. The van der Waals surface area contributed by atoms with Gasteiger partial charge in [-0.05, 0) is 18.9 Å². The minimum absolute atomic E-state index is 0.00819. The molecule has 8 nitrogen and oxygen atoms in total. The number of benzene rings is 1. The normalized spacial score (nSPS) is 18.4. The van der Waals surface area contributed by atoms with Crippen LogP contribution in [0.5, 0.6) is 0 Å². The fraction of sp³-hybridized carbons (Fsp3) is 0.455. The molecule has 0 aromatic heterocycles. The second kappa shape index (κ2) is 5.63. The van der Waals surface area contributed by atoms with E-state index in [1.165, 1.54) is 12.1 Å². The lowest BCUT2D eigenvalue weighted by molar-refractivity contribution is -0.384. The summed E-state index contributed by atoms with van der Waals surface area (Å²) in [4.78, 5) is 10.3. The monoisotopic (exact) mass is 300 g/mol. The molecule has 0 aliphatic carbocycles. The van der Waals surface area contributed by atoms with Crippen LogP contribution in [0.25, 0.3) is 0 Å². The molecule has 1 aromatic carbocycles. The average molecular weight is 300 g/mol. The molecule has 2 rings (SSSR count). The molecule has 0 unspecified atom stereocenters. The number of hydrazine groups is 1. The van der Waals surface area contributed by atoms with Crippen LogP contribution in [0, 0.1) is 10.1 Å². The van der Waals surface area contributed by atoms with Crippen molar-refractivity contribution in [3.05, 3.63) is 28.3 Å². The van der Waals surface area contributed by atoms with Crippen molar-refractivity contribution in [3.8, 4) is 0 Å². The van der Waals surface area contributed by atoms with Gasteiger partial charge in [-0.1, -0.05) is 0 Å². The summed E-state index contributed by atoms with van der Waals surface area (Å²) in [6.45, 7) is 0. The molecule has 4 N–H and O–H groups in total. The number of hydrogen-bond acceptors (Lipinski definition) is 7. The van der Waals surface area contributed by atoms with Crippen LogP contribution in [0.15, 0.2) is 18.2 Å². The summed E-state index contributed by atoms with van der Waals surface area (Å²) < 4.78 is 22.7. The number of nitrogens with zero attached hydrogens (tertiary/aromatic N) is 1. The van der Waals surface area contributed by atoms with Gasteiger partial charge in [-0.2, -0.15) is 0 Å². The SMILES string of the molecule is NNc1cc(NC2CCS(=O)(=O)CC2)cc([N+](=O)[O-])c1. The molecule has 1 saturated heterocycles. The first-order chi connectivity index (χ1) is 9.39. The van der Waals surface area contributed by atoms with Crippen LogP contribution in [0.3, 0.4) is 0 Å². The maximum absolute atomic E-state index is 11.3. The molecule has 0 saturated carbocycles. The fourth-order valence-corrected chi connectivity index (χ4v) is 3.64. The van der Waals surface area contributed by atoms with Gasteiger partial charge in [0.2, 0.25) is 0 Å². The Hall–Kier alpha value is -1.87. The molecule has 1 fully saturated rings. The summed E-state index contributed by atoms with van der Waals surface area (Å²) in [5.41, 5.74) is 3.27. The quantitative estimate of drug-likeness (QED) is 0.427. The number of nitrogens with one attached hydrogen (secondary N) is 2. The zero-order chi connectivity index (χ0) is 14.8. The van der Waals surface area contributed by atoms with E-state index < -0.39 is 14.8 Å². The van der Waals surface area contributed by atoms with Gasteiger partial charge in [0.05, 0.1) is 22.1 Å². The molecule has 0 amide bonds. The highest BCUT2D eigenvalue weighted by atomic mass is 32.2. The number of anilines is 2. The van der Waals surface area contributed by atoms with E-state index in [2.05, 4.69) is 10.7 Å². The number of rotatable bonds is 4. The van der Waals surface area contributed by atoms with Crippen molar-refractivity contribution >= 4 is 26.9 Å². The molecule has 1 heterocycles. The number of non-ortho nitro benzene ring substituents is 1. The van der Waals surface area contributed by atoms with E-state index in [-0.39, 0.29) is 23.2 Å². The number of nitrogen functional groups attached to an aromatic ring is 1. The van der Waals surface area contributed by atoms with Gasteiger partial charge in [0.1, 0.15) is 9.84 Å². The highest BCUT2D eigenvalue weighted by molar-refractivity contribution is 7.91. The molecule has 1 aromatic rings. The molecular formula is C11H16N4O4S. The summed E-state index contributed by atoms with van der Waals surface area (Å²) in [5, 5.41) is 14.0. The number of sulfone groups is 1. The van der Waals surface area contributed by atoms with Crippen molar-refractivity contribution in [2.75, 3.05) is 22.2 Å². The number of nitrogens with two attached hydrogens (primary N) is 1. The summed E-state index contributed by atoms with van der Waals surface area (Å²) in [7, 11) is -2.92. The predicted octanol–water partition coefficient (Wildman–Crippen LogP) is 0.869. The highest BCUT2D eigenvalue weighted by Crippen LogP contribution is 2.26. The lowest BCUT2D eigenvalue weighted by atomic mass is 10.1. The first kappa shape index (κ1) is 14.5. The largest absolute Gasteiger partial charge is 0.382 e. The van der Waals surface area contributed by atoms with E-state index in [1.807, 2.05) is 0 Å². The van der Waals surface area contributed by atoms with Crippen LogP contribution in [-0.2, 0) is 9.84 Å². The fourth-order valence-electron chi connectivity index (χ4n) is 2.15. The van der Waals surface area contributed by atoms with E-state index in [0.717, 1.165) is 0 Å². The Labute approximate surface area is 116 Å². The molecule has 9 heteroatoms. The maximum Gasteiger partial charge on any atom is 0.273 e. The molecule has 0 atom stereocenters. The van der Waals surface area contributed by atoms with Crippen LogP contribution < -0.4 is 16.6 Å². The van der Waals surface area contributed by atoms with Crippen molar-refractivity contribution in [2.24, 2.45) is 5.84 Å². The molecule has 1 aliphatic heterocycles. The Morgan fingerprint density at radius 2 is 1.80 bits per heavy atom. The molecule has 0 bridgehead atoms. The van der Waals surface area contributed by atoms with Crippen molar-refractivity contribution in [2.45, 2.75) is 18.9 Å². The van der Waals surface area contributed by atoms with E-state index in [4.69, 9.17) is 5.84 Å². The van der Waals surface area contributed by atoms with Gasteiger partial charge in [0.15, 0.2) is 0 Å². The molecule has 20 heavy (non-hydrogen) atoms. The van der Waals surface area contributed by atoms with Gasteiger partial charge in [0, 0.05) is 23.9 Å². The first-order valence-corrected chi connectivity index (χ1v) is 7.95. The third-order valence-electron chi connectivity index (χ3n) is 3.22. The van der Waals surface area contributed by atoms with Crippen LogP contribution in [0.4, 0.5) is 17.1 Å². The van der Waals surface area contributed by atoms with Gasteiger partial charge < -0.3 is 10.7 Å². The standard InChI is InChI=1S/C11H16N4O4S/c12-14-10-5-9(6-11(7-10)15(16)17)13-8-1-3-20(18,19)4-2-8/h5-8,13-14H,1-4,12H2. The second-order valence-electron chi connectivity index (χ2n) is 4.74. The van der Waals surface area contributed by atoms with E-state index in [0.29, 0.717) is 24.2 Å². The Morgan fingerprint density at radius 1 is 1.20 bits per heavy atom. The third kappa shape index (κ3) is 3.58. The lowest BCUT2D eigenvalue weighted by Gasteiger charge is -2.24. The average Bonchev–Trinajstić information content (AvgIpc) is 2.41. The van der Waals surface area contributed by atoms with Crippen LogP contribution >= 0.6 is 0 Å².